The van der Waals surface area contributed by atoms with Gasteiger partial charge in [0.25, 0.3) is 0 Å². The first-order valence-electron chi connectivity index (χ1n) is 4.28. The van der Waals surface area contributed by atoms with Gasteiger partial charge in [-0.25, -0.2) is 0 Å². The summed E-state index contributed by atoms with van der Waals surface area (Å²) in [6.07, 6.45) is 5.11. The Morgan fingerprint density at radius 1 is 1.73 bits per heavy atom. The van der Waals surface area contributed by atoms with E-state index in [0.29, 0.717) is 11.7 Å². The predicted molar refractivity (Wildman–Crippen MR) is 50.8 cm³/mol. The number of carboxylic acids is 1. The molecule has 0 fully saturated rings. The predicted octanol–water partition coefficient (Wildman–Crippen LogP) is -0.102. The highest BCUT2D eigenvalue weighted by Gasteiger charge is 2.12. The summed E-state index contributed by atoms with van der Waals surface area (Å²) in [5.41, 5.74) is 0. The highest BCUT2D eigenvalue weighted by atomic mass is 16.5. The van der Waals surface area contributed by atoms with Crippen molar-refractivity contribution in [2.45, 2.75) is 13.5 Å². The second-order valence-electron chi connectivity index (χ2n) is 2.98. The van der Waals surface area contributed by atoms with Crippen LogP contribution in [0, 0.1) is 19.3 Å². The Labute approximate surface area is 86.9 Å². The van der Waals surface area contributed by atoms with Gasteiger partial charge >= 0.3 is 5.97 Å². The van der Waals surface area contributed by atoms with E-state index in [0.717, 1.165) is 0 Å². The molecule has 15 heavy (non-hydrogen) atoms. The number of carbonyl (C=O) groups is 1. The molecule has 0 amide bonds. The molecule has 0 radical (unpaired) electrons. The maximum absolute atomic E-state index is 10.5. The van der Waals surface area contributed by atoms with E-state index in [4.69, 9.17) is 16.1 Å². The van der Waals surface area contributed by atoms with Crippen LogP contribution >= 0.6 is 0 Å². The summed E-state index contributed by atoms with van der Waals surface area (Å²) >= 11 is 0. The Hall–Kier alpha value is -1.87. The van der Waals surface area contributed by atoms with E-state index in [2.05, 4.69) is 16.1 Å². The molecule has 1 heterocycles. The molecule has 0 atom stereocenters. The fraction of sp³-hybridized carbons (Fsp3) is 0.444. The molecule has 0 aliphatic carbocycles. The maximum atomic E-state index is 10.5. The third kappa shape index (κ3) is 3.79. The van der Waals surface area contributed by atoms with Crippen molar-refractivity contribution in [3.8, 4) is 12.3 Å². The third-order valence-electron chi connectivity index (χ3n) is 1.60. The average molecular weight is 209 g/mol. The Bertz CT molecular complexity index is 380. The molecule has 6 nitrogen and oxygen atoms in total. The summed E-state index contributed by atoms with van der Waals surface area (Å²) in [4.78, 5) is 16.0. The average Bonchev–Trinajstić information content (AvgIpc) is 2.50. The van der Waals surface area contributed by atoms with Crippen molar-refractivity contribution in [3.63, 3.8) is 0 Å². The topological polar surface area (TPSA) is 79.5 Å². The van der Waals surface area contributed by atoms with E-state index in [-0.39, 0.29) is 19.6 Å². The number of rotatable bonds is 5. The normalized spacial score (nSPS) is 10.2. The summed E-state index contributed by atoms with van der Waals surface area (Å²) in [6.45, 7) is 2.02. The van der Waals surface area contributed by atoms with Crippen molar-refractivity contribution in [1.29, 1.82) is 0 Å². The summed E-state index contributed by atoms with van der Waals surface area (Å²) < 4.78 is 4.86. The van der Waals surface area contributed by atoms with Gasteiger partial charge in [-0.15, -0.1) is 6.42 Å². The second kappa shape index (κ2) is 5.12. The minimum Gasteiger partial charge on any atom is -0.480 e. The monoisotopic (exact) mass is 209 g/mol. The number of nitrogens with zero attached hydrogens (tertiary/aromatic N) is 3. The number of aliphatic carboxylic acids is 1. The van der Waals surface area contributed by atoms with Crippen molar-refractivity contribution >= 4 is 5.97 Å². The fourth-order valence-corrected chi connectivity index (χ4v) is 1.08. The molecule has 0 aromatic carbocycles. The van der Waals surface area contributed by atoms with E-state index in [1.54, 1.807) is 6.92 Å². The zero-order chi connectivity index (χ0) is 11.3. The van der Waals surface area contributed by atoms with Gasteiger partial charge in [-0.3, -0.25) is 9.69 Å². The van der Waals surface area contributed by atoms with Crippen LogP contribution < -0.4 is 0 Å². The molecule has 80 valence electrons. The lowest BCUT2D eigenvalue weighted by atomic mass is 10.4. The molecular weight excluding hydrogens is 198 g/mol. The van der Waals surface area contributed by atoms with Crippen LogP contribution in [0.2, 0.25) is 0 Å². The Morgan fingerprint density at radius 2 is 2.47 bits per heavy atom. The van der Waals surface area contributed by atoms with Crippen LogP contribution in [-0.4, -0.2) is 39.2 Å². The van der Waals surface area contributed by atoms with Gasteiger partial charge in [-0.05, 0) is 6.92 Å². The van der Waals surface area contributed by atoms with Gasteiger partial charge < -0.3 is 9.63 Å². The highest BCUT2D eigenvalue weighted by Crippen LogP contribution is 2.01. The molecule has 0 bridgehead atoms. The number of hydrogen-bond acceptors (Lipinski definition) is 5. The van der Waals surface area contributed by atoms with E-state index in [1.165, 1.54) is 4.90 Å². The molecule has 0 aliphatic rings. The van der Waals surface area contributed by atoms with Gasteiger partial charge in [0.2, 0.25) is 5.89 Å². The molecule has 1 aromatic rings. The minimum atomic E-state index is -0.943. The summed E-state index contributed by atoms with van der Waals surface area (Å²) in [5, 5.41) is 12.2. The van der Waals surface area contributed by atoms with Gasteiger partial charge in [0, 0.05) is 0 Å². The van der Waals surface area contributed by atoms with Crippen LogP contribution in [0.25, 0.3) is 0 Å². The number of aromatic nitrogens is 2. The number of aryl methyl sites for hydroxylation is 1. The number of hydrogen-bond donors (Lipinski definition) is 1. The molecule has 0 aliphatic heterocycles. The molecule has 1 aromatic heterocycles. The van der Waals surface area contributed by atoms with E-state index >= 15 is 0 Å². The van der Waals surface area contributed by atoms with Gasteiger partial charge in [0.05, 0.1) is 19.6 Å². The standard InChI is InChI=1S/C9H11N3O3/c1-3-4-12(6-9(13)14)5-8-10-7(2)11-15-8/h1H,4-6H2,2H3,(H,13,14). The van der Waals surface area contributed by atoms with Crippen LogP contribution in [0.4, 0.5) is 0 Å². The SMILES string of the molecule is C#CCN(CC(=O)O)Cc1nc(C)no1. The van der Waals surface area contributed by atoms with E-state index < -0.39 is 5.97 Å². The Balaban J connectivity index is 2.58. The van der Waals surface area contributed by atoms with Gasteiger partial charge in [0.1, 0.15) is 0 Å². The lowest BCUT2D eigenvalue weighted by Gasteiger charge is -2.13. The second-order valence-corrected chi connectivity index (χ2v) is 2.98. The van der Waals surface area contributed by atoms with Gasteiger partial charge in [-0.2, -0.15) is 4.98 Å². The lowest BCUT2D eigenvalue weighted by molar-refractivity contribution is -0.138. The minimum absolute atomic E-state index is 0.147. The highest BCUT2D eigenvalue weighted by molar-refractivity contribution is 5.69. The Morgan fingerprint density at radius 3 is 2.93 bits per heavy atom. The van der Waals surface area contributed by atoms with Crippen molar-refractivity contribution in [3.05, 3.63) is 11.7 Å². The molecular formula is C9H11N3O3. The zero-order valence-electron chi connectivity index (χ0n) is 8.30. The summed E-state index contributed by atoms with van der Waals surface area (Å²) in [7, 11) is 0. The number of carboxylic acid groups (broad SMARTS) is 1. The van der Waals surface area contributed by atoms with Crippen LogP contribution in [0.1, 0.15) is 11.7 Å². The molecule has 6 heteroatoms. The first kappa shape index (κ1) is 11.2. The quantitative estimate of drug-likeness (QED) is 0.682. The first-order chi connectivity index (χ1) is 7.11. The van der Waals surface area contributed by atoms with Crippen LogP contribution in [0.3, 0.4) is 0 Å². The largest absolute Gasteiger partial charge is 0.480 e. The van der Waals surface area contributed by atoms with Crippen molar-refractivity contribution < 1.29 is 14.4 Å². The van der Waals surface area contributed by atoms with E-state index in [1.807, 2.05) is 0 Å². The zero-order valence-corrected chi connectivity index (χ0v) is 8.30. The maximum Gasteiger partial charge on any atom is 0.317 e. The van der Waals surface area contributed by atoms with Crippen LogP contribution in [-0.2, 0) is 11.3 Å². The van der Waals surface area contributed by atoms with Gasteiger partial charge in [-0.1, -0.05) is 11.1 Å². The van der Waals surface area contributed by atoms with Crippen molar-refractivity contribution in [1.82, 2.24) is 15.0 Å². The van der Waals surface area contributed by atoms with Crippen molar-refractivity contribution in [2.24, 2.45) is 0 Å². The van der Waals surface area contributed by atoms with Crippen LogP contribution in [0.5, 0.6) is 0 Å². The third-order valence-corrected chi connectivity index (χ3v) is 1.60. The molecule has 0 unspecified atom stereocenters. The molecule has 1 rings (SSSR count). The first-order valence-corrected chi connectivity index (χ1v) is 4.28. The smallest absolute Gasteiger partial charge is 0.317 e. The molecule has 1 N–H and O–H groups in total. The number of terminal acetylenes is 1. The molecule has 0 saturated carbocycles. The fourth-order valence-electron chi connectivity index (χ4n) is 1.08. The summed E-state index contributed by atoms with van der Waals surface area (Å²) in [5.74, 6) is 2.31. The Kier molecular flexibility index (Phi) is 3.83. The van der Waals surface area contributed by atoms with E-state index in [9.17, 15) is 4.79 Å². The molecule has 0 spiro atoms. The summed E-state index contributed by atoms with van der Waals surface area (Å²) in [6, 6.07) is 0. The van der Waals surface area contributed by atoms with Crippen molar-refractivity contribution in [2.75, 3.05) is 13.1 Å². The van der Waals surface area contributed by atoms with Crippen LogP contribution in [0.15, 0.2) is 4.52 Å². The lowest BCUT2D eigenvalue weighted by Crippen LogP contribution is -2.29. The molecule has 0 saturated heterocycles. The van der Waals surface area contributed by atoms with Gasteiger partial charge in [0.15, 0.2) is 5.82 Å².